The highest BCUT2D eigenvalue weighted by atomic mass is 35.5. The molecule has 7 heteroatoms. The Balaban J connectivity index is 1.49. The van der Waals surface area contributed by atoms with Gasteiger partial charge in [-0.2, -0.15) is 0 Å². The van der Waals surface area contributed by atoms with Crippen LogP contribution < -0.4 is 5.56 Å². The average molecular weight is 384 g/mol. The fourth-order valence-corrected chi connectivity index (χ4v) is 4.75. The van der Waals surface area contributed by atoms with Crippen molar-refractivity contribution >= 4 is 33.2 Å². The molecule has 0 amide bonds. The number of thiophene rings is 1. The zero-order chi connectivity index (χ0) is 17.7. The van der Waals surface area contributed by atoms with Crippen LogP contribution >= 0.6 is 22.9 Å². The van der Waals surface area contributed by atoms with Crippen LogP contribution in [0.1, 0.15) is 22.8 Å². The molecule has 5 nitrogen and oxygen atoms in total. The standard InChI is InChI=1S/C19H14ClN3O2S/c20-12-6-4-11(5-7-12)14-8-21-16(25-14)9-23-10-22-18-17(19(23)24)13-2-1-3-15(13)26-18/h4-8,10H,1-3,9H2. The SMILES string of the molecule is O=c1c2c3c(sc2ncn1Cc1ncc(-c2ccc(Cl)cc2)o1)CCC3. The molecule has 0 fully saturated rings. The summed E-state index contributed by atoms with van der Waals surface area (Å²) in [5, 5.41) is 1.44. The molecule has 1 aliphatic rings. The highest BCUT2D eigenvalue weighted by molar-refractivity contribution is 7.18. The van der Waals surface area contributed by atoms with Crippen molar-refractivity contribution in [1.82, 2.24) is 14.5 Å². The predicted octanol–water partition coefficient (Wildman–Crippen LogP) is 4.30. The van der Waals surface area contributed by atoms with Crippen molar-refractivity contribution in [3.8, 4) is 11.3 Å². The van der Waals surface area contributed by atoms with E-state index >= 15 is 0 Å². The molecule has 0 saturated heterocycles. The molecule has 0 saturated carbocycles. The number of benzene rings is 1. The van der Waals surface area contributed by atoms with Gasteiger partial charge in [-0.3, -0.25) is 9.36 Å². The number of aromatic nitrogens is 3. The minimum atomic E-state index is -0.0133. The Morgan fingerprint density at radius 3 is 2.88 bits per heavy atom. The van der Waals surface area contributed by atoms with Gasteiger partial charge in [-0.15, -0.1) is 11.3 Å². The molecule has 1 aliphatic carbocycles. The highest BCUT2D eigenvalue weighted by Crippen LogP contribution is 2.34. The first kappa shape index (κ1) is 15.8. The van der Waals surface area contributed by atoms with Gasteiger partial charge in [0, 0.05) is 15.5 Å². The topological polar surface area (TPSA) is 60.9 Å². The number of aryl methyl sites for hydroxylation is 2. The molecular weight excluding hydrogens is 370 g/mol. The molecule has 0 N–H and O–H groups in total. The van der Waals surface area contributed by atoms with E-state index < -0.39 is 0 Å². The van der Waals surface area contributed by atoms with Crippen LogP contribution in [0.2, 0.25) is 5.02 Å². The lowest BCUT2D eigenvalue weighted by atomic mass is 10.2. The van der Waals surface area contributed by atoms with Gasteiger partial charge in [0.25, 0.3) is 5.56 Å². The number of nitrogens with zero attached hydrogens (tertiary/aromatic N) is 3. The van der Waals surface area contributed by atoms with Crippen LogP contribution in [0.15, 0.2) is 46.0 Å². The van der Waals surface area contributed by atoms with E-state index in [0.717, 1.165) is 35.0 Å². The van der Waals surface area contributed by atoms with Crippen LogP contribution in [0.4, 0.5) is 0 Å². The fraction of sp³-hybridized carbons (Fsp3) is 0.211. The summed E-state index contributed by atoms with van der Waals surface area (Å²) in [6.45, 7) is 0.264. The van der Waals surface area contributed by atoms with Crippen LogP contribution in [-0.2, 0) is 19.4 Å². The van der Waals surface area contributed by atoms with E-state index in [4.69, 9.17) is 16.0 Å². The lowest BCUT2D eigenvalue weighted by Crippen LogP contribution is -2.21. The normalized spacial score (nSPS) is 13.4. The second kappa shape index (κ2) is 6.07. The van der Waals surface area contributed by atoms with E-state index in [2.05, 4.69) is 9.97 Å². The van der Waals surface area contributed by atoms with Gasteiger partial charge in [0.15, 0.2) is 5.76 Å². The monoisotopic (exact) mass is 383 g/mol. The van der Waals surface area contributed by atoms with Gasteiger partial charge >= 0.3 is 0 Å². The Labute approximate surface area is 157 Å². The molecule has 5 rings (SSSR count). The molecule has 3 aromatic heterocycles. The third-order valence-electron chi connectivity index (χ3n) is 4.68. The fourth-order valence-electron chi connectivity index (χ4n) is 3.41. The van der Waals surface area contributed by atoms with Crippen molar-refractivity contribution in [3.05, 3.63) is 68.5 Å². The minimum absolute atomic E-state index is 0.0133. The molecule has 0 atom stereocenters. The van der Waals surface area contributed by atoms with Gasteiger partial charge in [0.2, 0.25) is 5.89 Å². The van der Waals surface area contributed by atoms with E-state index in [1.165, 1.54) is 10.4 Å². The predicted molar refractivity (Wildman–Crippen MR) is 102 cm³/mol. The first-order chi connectivity index (χ1) is 12.7. The first-order valence-electron chi connectivity index (χ1n) is 8.39. The number of rotatable bonds is 3. The number of halogens is 1. The summed E-state index contributed by atoms with van der Waals surface area (Å²) in [5.74, 6) is 1.13. The molecule has 26 heavy (non-hydrogen) atoms. The van der Waals surface area contributed by atoms with Gasteiger partial charge in [-0.05, 0) is 49.1 Å². The Morgan fingerprint density at radius 2 is 2.04 bits per heavy atom. The lowest BCUT2D eigenvalue weighted by Gasteiger charge is -2.03. The number of oxazole rings is 1. The molecule has 0 radical (unpaired) electrons. The second-order valence-corrected chi connectivity index (χ2v) is 7.86. The third-order valence-corrected chi connectivity index (χ3v) is 6.13. The summed E-state index contributed by atoms with van der Waals surface area (Å²) >= 11 is 7.56. The van der Waals surface area contributed by atoms with Crippen LogP contribution in [0.5, 0.6) is 0 Å². The highest BCUT2D eigenvalue weighted by Gasteiger charge is 2.21. The van der Waals surface area contributed by atoms with Gasteiger partial charge < -0.3 is 4.42 Å². The Kier molecular flexibility index (Phi) is 3.69. The molecule has 3 heterocycles. The van der Waals surface area contributed by atoms with Gasteiger partial charge in [-0.1, -0.05) is 11.6 Å². The molecule has 0 spiro atoms. The van der Waals surface area contributed by atoms with Gasteiger partial charge in [0.05, 0.1) is 17.9 Å². The van der Waals surface area contributed by atoms with E-state index in [-0.39, 0.29) is 12.1 Å². The molecule has 130 valence electrons. The maximum atomic E-state index is 12.9. The number of hydrogen-bond donors (Lipinski definition) is 0. The maximum absolute atomic E-state index is 12.9. The Hall–Kier alpha value is -2.44. The molecule has 0 bridgehead atoms. The summed E-state index contributed by atoms with van der Waals surface area (Å²) in [6.07, 6.45) is 6.39. The number of hydrogen-bond acceptors (Lipinski definition) is 5. The van der Waals surface area contributed by atoms with E-state index in [0.29, 0.717) is 16.7 Å². The summed E-state index contributed by atoms with van der Waals surface area (Å²) in [5.41, 5.74) is 2.07. The largest absolute Gasteiger partial charge is 0.439 e. The van der Waals surface area contributed by atoms with Crippen LogP contribution in [0, 0.1) is 0 Å². The van der Waals surface area contributed by atoms with Crippen molar-refractivity contribution in [1.29, 1.82) is 0 Å². The minimum Gasteiger partial charge on any atom is -0.439 e. The zero-order valence-corrected chi connectivity index (χ0v) is 15.3. The average Bonchev–Trinajstić information content (AvgIpc) is 3.34. The first-order valence-corrected chi connectivity index (χ1v) is 9.59. The molecule has 0 aliphatic heterocycles. The van der Waals surface area contributed by atoms with Crippen molar-refractivity contribution in [2.24, 2.45) is 0 Å². The molecule has 4 aromatic rings. The van der Waals surface area contributed by atoms with Crippen LogP contribution in [0.25, 0.3) is 21.5 Å². The molecule has 1 aromatic carbocycles. The summed E-state index contributed by atoms with van der Waals surface area (Å²) in [7, 11) is 0. The van der Waals surface area contributed by atoms with Crippen molar-refractivity contribution in [2.75, 3.05) is 0 Å². The summed E-state index contributed by atoms with van der Waals surface area (Å²) in [6, 6.07) is 7.36. The maximum Gasteiger partial charge on any atom is 0.262 e. The van der Waals surface area contributed by atoms with Crippen molar-refractivity contribution < 1.29 is 4.42 Å². The van der Waals surface area contributed by atoms with Crippen LogP contribution in [0.3, 0.4) is 0 Å². The third kappa shape index (κ3) is 2.57. The van der Waals surface area contributed by atoms with Gasteiger partial charge in [-0.25, -0.2) is 9.97 Å². The quantitative estimate of drug-likeness (QED) is 0.529. The molecular formula is C19H14ClN3O2S. The van der Waals surface area contributed by atoms with E-state index in [1.807, 2.05) is 12.1 Å². The van der Waals surface area contributed by atoms with Crippen molar-refractivity contribution in [3.63, 3.8) is 0 Å². The molecule has 0 unspecified atom stereocenters. The Bertz CT molecular complexity index is 1170. The summed E-state index contributed by atoms with van der Waals surface area (Å²) < 4.78 is 7.39. The van der Waals surface area contributed by atoms with E-state index in [9.17, 15) is 4.79 Å². The van der Waals surface area contributed by atoms with Crippen molar-refractivity contribution in [2.45, 2.75) is 25.8 Å². The smallest absolute Gasteiger partial charge is 0.262 e. The lowest BCUT2D eigenvalue weighted by molar-refractivity contribution is 0.484. The van der Waals surface area contributed by atoms with E-state index in [1.54, 1.807) is 40.6 Å². The zero-order valence-electron chi connectivity index (χ0n) is 13.7. The van der Waals surface area contributed by atoms with Crippen LogP contribution in [-0.4, -0.2) is 14.5 Å². The second-order valence-electron chi connectivity index (χ2n) is 6.34. The summed E-state index contributed by atoms with van der Waals surface area (Å²) in [4.78, 5) is 23.8. The Morgan fingerprint density at radius 1 is 1.19 bits per heavy atom. The number of fused-ring (bicyclic) bond motifs is 3. The van der Waals surface area contributed by atoms with Gasteiger partial charge in [0.1, 0.15) is 11.4 Å².